The van der Waals surface area contributed by atoms with Crippen molar-refractivity contribution in [1.82, 2.24) is 20.0 Å². The minimum absolute atomic E-state index is 0.0672. The van der Waals surface area contributed by atoms with E-state index in [0.29, 0.717) is 44.2 Å². The lowest BCUT2D eigenvalue weighted by Gasteiger charge is -2.36. The van der Waals surface area contributed by atoms with Crippen molar-refractivity contribution in [3.63, 3.8) is 0 Å². The van der Waals surface area contributed by atoms with Gasteiger partial charge in [-0.2, -0.15) is 0 Å². The van der Waals surface area contributed by atoms with Crippen LogP contribution in [0.5, 0.6) is 0 Å². The van der Waals surface area contributed by atoms with Gasteiger partial charge in [0.2, 0.25) is 0 Å². The van der Waals surface area contributed by atoms with E-state index in [4.69, 9.17) is 11.6 Å². The Hall–Kier alpha value is -2.25. The highest BCUT2D eigenvalue weighted by atomic mass is 35.5. The first-order valence-corrected chi connectivity index (χ1v) is 9.49. The van der Waals surface area contributed by atoms with Crippen molar-refractivity contribution >= 4 is 23.5 Å². The number of nitrogens with one attached hydrogen (secondary N) is 1. The lowest BCUT2D eigenvalue weighted by Crippen LogP contribution is -2.51. The Balaban J connectivity index is 1.56. The van der Waals surface area contributed by atoms with Crippen LogP contribution in [0.25, 0.3) is 0 Å². The fraction of sp³-hybridized carbons (Fsp3) is 0.474. The first-order valence-electron chi connectivity index (χ1n) is 9.11. The number of hydrogen-bond acceptors (Lipinski definition) is 4. The zero-order valence-electron chi connectivity index (χ0n) is 15.4. The van der Waals surface area contributed by atoms with Crippen LogP contribution in [-0.2, 0) is 11.3 Å². The number of nitrogens with zero attached hydrogens (tertiary/aromatic N) is 3. The predicted octanol–water partition coefficient (Wildman–Crippen LogP) is 1.84. The molecule has 27 heavy (non-hydrogen) atoms. The van der Waals surface area contributed by atoms with Gasteiger partial charge in [-0.05, 0) is 29.7 Å². The number of urea groups is 1. The van der Waals surface area contributed by atoms with Crippen LogP contribution in [0.4, 0.5) is 4.79 Å². The van der Waals surface area contributed by atoms with E-state index >= 15 is 0 Å². The van der Waals surface area contributed by atoms with Gasteiger partial charge < -0.3 is 20.2 Å². The summed E-state index contributed by atoms with van der Waals surface area (Å²) < 4.78 is 0. The lowest BCUT2D eigenvalue weighted by molar-refractivity contribution is -0.131. The summed E-state index contributed by atoms with van der Waals surface area (Å²) in [6.45, 7) is 4.35. The number of carbonyl (C=O) groups excluding carboxylic acids is 2. The number of benzene rings is 1. The average Bonchev–Trinajstić information content (AvgIpc) is 2.69. The molecule has 0 saturated carbocycles. The number of rotatable bonds is 4. The van der Waals surface area contributed by atoms with Gasteiger partial charge >= 0.3 is 6.03 Å². The molecule has 1 saturated heterocycles. The quantitative estimate of drug-likeness (QED) is 0.819. The molecule has 3 rings (SSSR count). The van der Waals surface area contributed by atoms with E-state index in [9.17, 15) is 14.7 Å². The highest BCUT2D eigenvalue weighted by molar-refractivity contribution is 6.30. The SMILES string of the molecule is CNC(=O)N1CCN(CC2=C(O)C(=O)N(Cc3ccc(Cl)cc3)CC2)CC1. The van der Waals surface area contributed by atoms with Crippen LogP contribution in [0, 0.1) is 0 Å². The van der Waals surface area contributed by atoms with Crippen molar-refractivity contribution in [1.29, 1.82) is 0 Å². The summed E-state index contributed by atoms with van der Waals surface area (Å²) in [6, 6.07) is 7.30. The van der Waals surface area contributed by atoms with E-state index in [0.717, 1.165) is 24.2 Å². The molecular weight excluding hydrogens is 368 g/mol. The maximum absolute atomic E-state index is 12.5. The Labute approximate surface area is 164 Å². The van der Waals surface area contributed by atoms with Crippen LogP contribution in [-0.4, -0.2) is 78.1 Å². The van der Waals surface area contributed by atoms with Crippen molar-refractivity contribution in [2.75, 3.05) is 46.3 Å². The molecule has 1 fully saturated rings. The maximum Gasteiger partial charge on any atom is 0.317 e. The Morgan fingerprint density at radius 3 is 2.41 bits per heavy atom. The number of amides is 3. The molecule has 3 amide bonds. The van der Waals surface area contributed by atoms with Crippen molar-refractivity contribution in [3.05, 3.63) is 46.2 Å². The van der Waals surface area contributed by atoms with E-state index in [2.05, 4.69) is 10.2 Å². The summed E-state index contributed by atoms with van der Waals surface area (Å²) in [5, 5.41) is 13.7. The van der Waals surface area contributed by atoms with Crippen LogP contribution in [0.1, 0.15) is 12.0 Å². The van der Waals surface area contributed by atoms with E-state index < -0.39 is 0 Å². The summed E-state index contributed by atoms with van der Waals surface area (Å²) in [7, 11) is 1.63. The van der Waals surface area contributed by atoms with Crippen LogP contribution in [0.3, 0.4) is 0 Å². The molecule has 2 aliphatic heterocycles. The molecule has 0 spiro atoms. The highest BCUT2D eigenvalue weighted by Gasteiger charge is 2.29. The second-order valence-corrected chi connectivity index (χ2v) is 7.31. The Kier molecular flexibility index (Phi) is 6.23. The van der Waals surface area contributed by atoms with Gasteiger partial charge in [0.25, 0.3) is 5.91 Å². The number of piperazine rings is 1. The molecule has 0 atom stereocenters. The zero-order valence-corrected chi connectivity index (χ0v) is 16.2. The summed E-state index contributed by atoms with van der Waals surface area (Å²) >= 11 is 5.89. The van der Waals surface area contributed by atoms with Gasteiger partial charge in [0.15, 0.2) is 5.76 Å². The fourth-order valence-corrected chi connectivity index (χ4v) is 3.57. The Morgan fingerprint density at radius 2 is 1.78 bits per heavy atom. The standard InChI is InChI=1S/C19H25ClN4O3/c1-21-19(27)23-10-8-22(9-11-23)13-15-6-7-24(18(26)17(15)25)12-14-2-4-16(20)5-3-14/h2-5,25H,6-13H2,1H3,(H,21,27). The molecule has 146 valence electrons. The number of carbonyl (C=O) groups is 2. The van der Waals surface area contributed by atoms with E-state index in [1.54, 1.807) is 29.0 Å². The Morgan fingerprint density at radius 1 is 1.11 bits per heavy atom. The van der Waals surface area contributed by atoms with Gasteiger partial charge in [-0.3, -0.25) is 9.69 Å². The van der Waals surface area contributed by atoms with Crippen molar-refractivity contribution in [2.24, 2.45) is 0 Å². The fourth-order valence-electron chi connectivity index (χ4n) is 3.44. The van der Waals surface area contributed by atoms with Gasteiger partial charge in [0.05, 0.1) is 0 Å². The molecule has 0 unspecified atom stereocenters. The number of halogens is 1. The van der Waals surface area contributed by atoms with Gasteiger partial charge in [-0.1, -0.05) is 23.7 Å². The van der Waals surface area contributed by atoms with E-state index in [1.807, 2.05) is 12.1 Å². The molecule has 0 aromatic heterocycles. The number of aliphatic hydroxyl groups is 1. The van der Waals surface area contributed by atoms with Crippen LogP contribution in [0.15, 0.2) is 35.6 Å². The number of aliphatic hydroxyl groups excluding tert-OH is 1. The van der Waals surface area contributed by atoms with Crippen molar-refractivity contribution < 1.29 is 14.7 Å². The second-order valence-electron chi connectivity index (χ2n) is 6.87. The molecule has 0 radical (unpaired) electrons. The molecular formula is C19H25ClN4O3. The smallest absolute Gasteiger partial charge is 0.317 e. The van der Waals surface area contributed by atoms with Gasteiger partial charge in [0, 0.05) is 57.9 Å². The minimum atomic E-state index is -0.324. The van der Waals surface area contributed by atoms with Crippen molar-refractivity contribution in [3.8, 4) is 0 Å². The lowest BCUT2D eigenvalue weighted by atomic mass is 10.0. The monoisotopic (exact) mass is 392 g/mol. The summed E-state index contributed by atoms with van der Waals surface area (Å²) in [4.78, 5) is 29.8. The predicted molar refractivity (Wildman–Crippen MR) is 104 cm³/mol. The van der Waals surface area contributed by atoms with Gasteiger partial charge in [0.1, 0.15) is 0 Å². The molecule has 1 aromatic carbocycles. The summed E-state index contributed by atoms with van der Waals surface area (Å²) in [5.74, 6) is -0.459. The molecule has 7 nitrogen and oxygen atoms in total. The van der Waals surface area contributed by atoms with Gasteiger partial charge in [-0.15, -0.1) is 0 Å². The normalized spacial score (nSPS) is 18.8. The molecule has 2 N–H and O–H groups in total. The summed E-state index contributed by atoms with van der Waals surface area (Å²) in [6.07, 6.45) is 0.654. The third kappa shape index (κ3) is 4.73. The third-order valence-electron chi connectivity index (χ3n) is 5.08. The number of hydrogen-bond donors (Lipinski definition) is 2. The second kappa shape index (κ2) is 8.63. The van der Waals surface area contributed by atoms with E-state index in [1.165, 1.54) is 0 Å². The molecule has 1 aromatic rings. The molecule has 0 bridgehead atoms. The maximum atomic E-state index is 12.5. The van der Waals surface area contributed by atoms with Crippen LogP contribution in [0.2, 0.25) is 5.02 Å². The minimum Gasteiger partial charge on any atom is -0.503 e. The molecule has 8 heteroatoms. The van der Waals surface area contributed by atoms with Crippen molar-refractivity contribution in [2.45, 2.75) is 13.0 Å². The third-order valence-corrected chi connectivity index (χ3v) is 5.33. The first kappa shape index (κ1) is 19.5. The Bertz CT molecular complexity index is 727. The molecule has 0 aliphatic carbocycles. The first-order chi connectivity index (χ1) is 13.0. The molecule has 2 aliphatic rings. The van der Waals surface area contributed by atoms with Crippen LogP contribution < -0.4 is 5.32 Å². The zero-order chi connectivity index (χ0) is 19.4. The average molecular weight is 393 g/mol. The van der Waals surface area contributed by atoms with Gasteiger partial charge in [-0.25, -0.2) is 4.79 Å². The van der Waals surface area contributed by atoms with Crippen LogP contribution >= 0.6 is 11.6 Å². The largest absolute Gasteiger partial charge is 0.503 e. The topological polar surface area (TPSA) is 76.1 Å². The highest BCUT2D eigenvalue weighted by Crippen LogP contribution is 2.21. The summed E-state index contributed by atoms with van der Waals surface area (Å²) in [5.41, 5.74) is 1.76. The van der Waals surface area contributed by atoms with E-state index in [-0.39, 0.29) is 17.7 Å². The molecule has 2 heterocycles.